The van der Waals surface area contributed by atoms with Gasteiger partial charge in [-0.15, -0.1) is 0 Å². The van der Waals surface area contributed by atoms with Crippen molar-refractivity contribution in [3.05, 3.63) is 64.8 Å². The molecular formula is C18H15ClN4O2. The van der Waals surface area contributed by atoms with Crippen LogP contribution >= 0.6 is 11.6 Å². The highest BCUT2D eigenvalue weighted by Crippen LogP contribution is 2.19. The first kappa shape index (κ1) is 16.7. The SMILES string of the molecule is Cc1ccc(NC(=O)C(=O)N/N=C\c2c[nH]c3ccccc23)cc1Cl. The molecular weight excluding hydrogens is 340 g/mol. The summed E-state index contributed by atoms with van der Waals surface area (Å²) in [5.74, 6) is -1.69. The van der Waals surface area contributed by atoms with Crippen LogP contribution in [-0.2, 0) is 9.59 Å². The molecule has 0 aliphatic rings. The van der Waals surface area contributed by atoms with Gasteiger partial charge in [0, 0.05) is 33.4 Å². The van der Waals surface area contributed by atoms with Crippen LogP contribution in [0.4, 0.5) is 5.69 Å². The lowest BCUT2D eigenvalue weighted by atomic mass is 10.2. The van der Waals surface area contributed by atoms with Crippen molar-refractivity contribution in [1.82, 2.24) is 10.4 Å². The molecule has 0 radical (unpaired) electrons. The summed E-state index contributed by atoms with van der Waals surface area (Å²) in [5.41, 5.74) is 5.30. The van der Waals surface area contributed by atoms with Crippen molar-refractivity contribution in [2.75, 3.05) is 5.32 Å². The van der Waals surface area contributed by atoms with Crippen LogP contribution in [0.25, 0.3) is 10.9 Å². The number of fused-ring (bicyclic) bond motifs is 1. The van der Waals surface area contributed by atoms with Gasteiger partial charge in [0.15, 0.2) is 0 Å². The number of amides is 2. The average molecular weight is 355 g/mol. The highest BCUT2D eigenvalue weighted by atomic mass is 35.5. The molecule has 2 aromatic carbocycles. The smallest absolute Gasteiger partial charge is 0.329 e. The average Bonchev–Trinajstić information content (AvgIpc) is 3.01. The number of benzene rings is 2. The van der Waals surface area contributed by atoms with Gasteiger partial charge in [-0.05, 0) is 30.7 Å². The van der Waals surface area contributed by atoms with Crippen LogP contribution in [0.15, 0.2) is 53.8 Å². The van der Waals surface area contributed by atoms with Gasteiger partial charge in [-0.3, -0.25) is 9.59 Å². The Morgan fingerprint density at radius 1 is 1.16 bits per heavy atom. The standard InChI is InChI=1S/C18H15ClN4O2/c1-11-6-7-13(8-15(11)19)22-17(24)18(25)23-21-10-12-9-20-16-5-3-2-4-14(12)16/h2-10,20H,1H3,(H,22,24)(H,23,25)/b21-10-. The number of halogens is 1. The molecule has 0 unspecified atom stereocenters. The van der Waals surface area contributed by atoms with E-state index >= 15 is 0 Å². The molecule has 126 valence electrons. The quantitative estimate of drug-likeness (QED) is 0.383. The van der Waals surface area contributed by atoms with Gasteiger partial charge in [0.25, 0.3) is 0 Å². The number of aryl methyl sites for hydroxylation is 1. The van der Waals surface area contributed by atoms with Crippen molar-refractivity contribution in [2.45, 2.75) is 6.92 Å². The van der Waals surface area contributed by atoms with Crippen LogP contribution in [0.2, 0.25) is 5.02 Å². The molecule has 1 aromatic heterocycles. The Labute approximate surface area is 148 Å². The monoisotopic (exact) mass is 354 g/mol. The Kier molecular flexibility index (Phi) is 4.81. The summed E-state index contributed by atoms with van der Waals surface area (Å²) in [5, 5.41) is 7.78. The van der Waals surface area contributed by atoms with Crippen LogP contribution in [0.3, 0.4) is 0 Å². The highest BCUT2D eigenvalue weighted by molar-refractivity contribution is 6.39. The van der Waals surface area contributed by atoms with Crippen molar-refractivity contribution in [3.63, 3.8) is 0 Å². The number of rotatable bonds is 3. The first-order valence-corrected chi connectivity index (χ1v) is 7.89. The minimum atomic E-state index is -0.868. The van der Waals surface area contributed by atoms with Gasteiger partial charge in [0.1, 0.15) is 0 Å². The number of aromatic amines is 1. The molecule has 3 N–H and O–H groups in total. The van der Waals surface area contributed by atoms with Crippen molar-refractivity contribution in [1.29, 1.82) is 0 Å². The molecule has 0 aliphatic heterocycles. The van der Waals surface area contributed by atoms with E-state index in [-0.39, 0.29) is 0 Å². The summed E-state index contributed by atoms with van der Waals surface area (Å²) >= 11 is 5.99. The molecule has 0 atom stereocenters. The topological polar surface area (TPSA) is 86.3 Å². The fourth-order valence-corrected chi connectivity index (χ4v) is 2.45. The molecule has 0 fully saturated rings. The van der Waals surface area contributed by atoms with Gasteiger partial charge < -0.3 is 10.3 Å². The Morgan fingerprint density at radius 3 is 2.76 bits per heavy atom. The van der Waals surface area contributed by atoms with Crippen molar-refractivity contribution in [3.8, 4) is 0 Å². The van der Waals surface area contributed by atoms with E-state index in [9.17, 15) is 9.59 Å². The summed E-state index contributed by atoms with van der Waals surface area (Å²) in [6.07, 6.45) is 3.25. The first-order valence-electron chi connectivity index (χ1n) is 7.51. The van der Waals surface area contributed by atoms with Gasteiger partial charge in [-0.2, -0.15) is 5.10 Å². The maximum absolute atomic E-state index is 11.9. The normalized spacial score (nSPS) is 11.0. The number of carbonyl (C=O) groups excluding carboxylic acids is 2. The number of hydrogen-bond acceptors (Lipinski definition) is 3. The molecule has 0 bridgehead atoms. The number of aromatic nitrogens is 1. The molecule has 0 spiro atoms. The molecule has 2 amide bonds. The Balaban J connectivity index is 1.61. The summed E-state index contributed by atoms with van der Waals surface area (Å²) in [6, 6.07) is 12.7. The van der Waals surface area contributed by atoms with Gasteiger partial charge >= 0.3 is 11.8 Å². The summed E-state index contributed by atoms with van der Waals surface area (Å²) in [4.78, 5) is 26.8. The number of anilines is 1. The lowest BCUT2D eigenvalue weighted by Crippen LogP contribution is -2.32. The number of carbonyl (C=O) groups is 2. The van der Waals surface area contributed by atoms with E-state index in [0.717, 1.165) is 22.0 Å². The minimum absolute atomic E-state index is 0.441. The lowest BCUT2D eigenvalue weighted by molar-refractivity contribution is -0.136. The van der Waals surface area contributed by atoms with Gasteiger partial charge in [-0.1, -0.05) is 35.9 Å². The van der Waals surface area contributed by atoms with E-state index in [1.807, 2.05) is 31.2 Å². The maximum Gasteiger partial charge on any atom is 0.329 e. The number of H-pyrrole nitrogens is 1. The zero-order valence-corrected chi connectivity index (χ0v) is 14.1. The maximum atomic E-state index is 11.9. The number of hydrazone groups is 1. The van der Waals surface area contributed by atoms with Crippen molar-refractivity contribution in [2.24, 2.45) is 5.10 Å². The van der Waals surface area contributed by atoms with Gasteiger partial charge in [0.05, 0.1) is 6.21 Å². The van der Waals surface area contributed by atoms with E-state index in [1.54, 1.807) is 24.4 Å². The van der Waals surface area contributed by atoms with Crippen LogP contribution in [-0.4, -0.2) is 23.0 Å². The number of nitrogens with zero attached hydrogens (tertiary/aromatic N) is 1. The molecule has 3 aromatic rings. The fourth-order valence-electron chi connectivity index (χ4n) is 2.27. The fraction of sp³-hybridized carbons (Fsp3) is 0.0556. The second kappa shape index (κ2) is 7.19. The molecule has 7 heteroatoms. The molecule has 3 rings (SSSR count). The summed E-state index contributed by atoms with van der Waals surface area (Å²) < 4.78 is 0. The predicted octanol–water partition coefficient (Wildman–Crippen LogP) is 3.22. The second-order valence-corrected chi connectivity index (χ2v) is 5.81. The van der Waals surface area contributed by atoms with Crippen LogP contribution in [0.1, 0.15) is 11.1 Å². The van der Waals surface area contributed by atoms with E-state index in [1.165, 1.54) is 6.21 Å². The molecule has 1 heterocycles. The van der Waals surface area contributed by atoms with E-state index < -0.39 is 11.8 Å². The van der Waals surface area contributed by atoms with Gasteiger partial charge in [0.2, 0.25) is 0 Å². The lowest BCUT2D eigenvalue weighted by Gasteiger charge is -2.05. The Morgan fingerprint density at radius 2 is 1.96 bits per heavy atom. The molecule has 0 saturated carbocycles. The van der Waals surface area contributed by atoms with Crippen LogP contribution in [0.5, 0.6) is 0 Å². The third kappa shape index (κ3) is 3.87. The third-order valence-corrected chi connectivity index (χ3v) is 4.03. The van der Waals surface area contributed by atoms with E-state index in [2.05, 4.69) is 20.8 Å². The van der Waals surface area contributed by atoms with Crippen molar-refractivity contribution >= 4 is 46.2 Å². The molecule has 0 saturated heterocycles. The van der Waals surface area contributed by atoms with Crippen molar-refractivity contribution < 1.29 is 9.59 Å². The largest absolute Gasteiger partial charge is 0.361 e. The van der Waals surface area contributed by atoms with E-state index in [0.29, 0.717) is 10.7 Å². The molecule has 6 nitrogen and oxygen atoms in total. The molecule has 25 heavy (non-hydrogen) atoms. The minimum Gasteiger partial charge on any atom is -0.361 e. The Bertz CT molecular complexity index is 978. The zero-order valence-electron chi connectivity index (χ0n) is 13.3. The summed E-state index contributed by atoms with van der Waals surface area (Å²) in [6.45, 7) is 1.85. The molecule has 0 aliphatic carbocycles. The predicted molar refractivity (Wildman–Crippen MR) is 98.9 cm³/mol. The highest BCUT2D eigenvalue weighted by Gasteiger charge is 2.13. The Hall–Kier alpha value is -3.12. The number of nitrogens with one attached hydrogen (secondary N) is 3. The number of hydrogen-bond donors (Lipinski definition) is 3. The van der Waals surface area contributed by atoms with Crippen LogP contribution < -0.4 is 10.7 Å². The summed E-state index contributed by atoms with van der Waals surface area (Å²) in [7, 11) is 0. The third-order valence-electron chi connectivity index (χ3n) is 3.63. The van der Waals surface area contributed by atoms with Crippen LogP contribution in [0, 0.1) is 6.92 Å². The zero-order chi connectivity index (χ0) is 17.8. The van der Waals surface area contributed by atoms with Gasteiger partial charge in [-0.25, -0.2) is 5.43 Å². The number of para-hydroxylation sites is 1. The second-order valence-electron chi connectivity index (χ2n) is 5.41. The van der Waals surface area contributed by atoms with E-state index in [4.69, 9.17) is 11.6 Å². The first-order chi connectivity index (χ1) is 12.0.